The molecule has 3 nitrogen and oxygen atoms in total. The molecule has 0 aliphatic heterocycles. The lowest BCUT2D eigenvalue weighted by Crippen LogP contribution is -2.07. The van der Waals surface area contributed by atoms with E-state index in [-0.39, 0.29) is 0 Å². The molecule has 0 fully saturated rings. The first-order valence-corrected chi connectivity index (χ1v) is 5.36. The molecule has 0 aliphatic carbocycles. The summed E-state index contributed by atoms with van der Waals surface area (Å²) in [7, 11) is 0. The number of hydrogen-bond acceptors (Lipinski definition) is 2. The average Bonchev–Trinajstić information content (AvgIpc) is 2.76. The highest BCUT2D eigenvalue weighted by Gasteiger charge is 2.30. The van der Waals surface area contributed by atoms with E-state index in [0.717, 1.165) is 17.7 Å². The van der Waals surface area contributed by atoms with Gasteiger partial charge in [0, 0.05) is 18.3 Å². The standard InChI is InChI=1S/C12H12F3N3/c13-12(14,15)11-3-1-2-9(4-11)7-18-8-10(5-16)6-17-18/h1-4,6,8H,5,7,16H2. The van der Waals surface area contributed by atoms with Gasteiger partial charge < -0.3 is 5.73 Å². The van der Waals surface area contributed by atoms with Crippen LogP contribution < -0.4 is 5.73 Å². The van der Waals surface area contributed by atoms with Crippen LogP contribution >= 0.6 is 0 Å². The van der Waals surface area contributed by atoms with Crippen molar-refractivity contribution < 1.29 is 13.2 Å². The third kappa shape index (κ3) is 2.89. The van der Waals surface area contributed by atoms with Gasteiger partial charge in [-0.05, 0) is 17.7 Å². The Balaban J connectivity index is 2.19. The molecule has 2 N–H and O–H groups in total. The van der Waals surface area contributed by atoms with Gasteiger partial charge in [-0.1, -0.05) is 12.1 Å². The van der Waals surface area contributed by atoms with Crippen molar-refractivity contribution in [3.05, 3.63) is 53.3 Å². The molecule has 18 heavy (non-hydrogen) atoms. The van der Waals surface area contributed by atoms with E-state index in [2.05, 4.69) is 5.10 Å². The summed E-state index contributed by atoms with van der Waals surface area (Å²) in [4.78, 5) is 0. The fourth-order valence-corrected chi connectivity index (χ4v) is 1.63. The quantitative estimate of drug-likeness (QED) is 0.915. The Labute approximate surface area is 102 Å². The lowest BCUT2D eigenvalue weighted by Gasteiger charge is -2.08. The van der Waals surface area contributed by atoms with Crippen molar-refractivity contribution in [2.75, 3.05) is 0 Å². The van der Waals surface area contributed by atoms with Crippen LogP contribution in [0, 0.1) is 0 Å². The highest BCUT2D eigenvalue weighted by molar-refractivity contribution is 5.25. The molecule has 1 aromatic heterocycles. The molecule has 0 saturated carbocycles. The van der Waals surface area contributed by atoms with E-state index in [1.54, 1.807) is 23.1 Å². The van der Waals surface area contributed by atoms with Crippen molar-refractivity contribution in [2.45, 2.75) is 19.3 Å². The summed E-state index contributed by atoms with van der Waals surface area (Å²) < 4.78 is 39.1. The predicted molar refractivity (Wildman–Crippen MR) is 60.7 cm³/mol. The van der Waals surface area contributed by atoms with Gasteiger partial charge in [0.1, 0.15) is 0 Å². The molecule has 0 saturated heterocycles. The number of rotatable bonds is 3. The van der Waals surface area contributed by atoms with Gasteiger partial charge in [0.2, 0.25) is 0 Å². The monoisotopic (exact) mass is 255 g/mol. The van der Waals surface area contributed by atoms with Gasteiger partial charge in [0.15, 0.2) is 0 Å². The second kappa shape index (κ2) is 4.81. The van der Waals surface area contributed by atoms with Crippen molar-refractivity contribution >= 4 is 0 Å². The van der Waals surface area contributed by atoms with Crippen LogP contribution in [0.1, 0.15) is 16.7 Å². The fourth-order valence-electron chi connectivity index (χ4n) is 1.63. The van der Waals surface area contributed by atoms with Crippen LogP contribution in [0.3, 0.4) is 0 Å². The maximum absolute atomic E-state index is 12.5. The third-order valence-corrected chi connectivity index (χ3v) is 2.52. The average molecular weight is 255 g/mol. The molecule has 0 atom stereocenters. The van der Waals surface area contributed by atoms with Gasteiger partial charge in [0.25, 0.3) is 0 Å². The summed E-state index contributed by atoms with van der Waals surface area (Å²) in [5.41, 5.74) is 6.19. The molecule has 0 unspecified atom stereocenters. The molecule has 0 radical (unpaired) electrons. The minimum absolute atomic E-state index is 0.296. The molecule has 2 aromatic rings. The van der Waals surface area contributed by atoms with Gasteiger partial charge in [-0.2, -0.15) is 18.3 Å². The third-order valence-electron chi connectivity index (χ3n) is 2.52. The van der Waals surface area contributed by atoms with E-state index >= 15 is 0 Å². The highest BCUT2D eigenvalue weighted by atomic mass is 19.4. The van der Waals surface area contributed by atoms with Crippen LogP contribution in [0.4, 0.5) is 13.2 Å². The number of benzene rings is 1. The first kappa shape index (κ1) is 12.6. The molecular weight excluding hydrogens is 243 g/mol. The molecular formula is C12H12F3N3. The highest BCUT2D eigenvalue weighted by Crippen LogP contribution is 2.29. The van der Waals surface area contributed by atoms with E-state index in [9.17, 15) is 13.2 Å². The Morgan fingerprint density at radius 1 is 1.22 bits per heavy atom. The summed E-state index contributed by atoms with van der Waals surface area (Å²) in [6, 6.07) is 5.21. The molecule has 96 valence electrons. The molecule has 2 rings (SSSR count). The van der Waals surface area contributed by atoms with Gasteiger partial charge >= 0.3 is 6.18 Å². The van der Waals surface area contributed by atoms with Crippen LogP contribution in [0.15, 0.2) is 36.7 Å². The zero-order valence-corrected chi connectivity index (χ0v) is 9.48. The van der Waals surface area contributed by atoms with Crippen LogP contribution in [-0.4, -0.2) is 9.78 Å². The number of alkyl halides is 3. The molecule has 0 bridgehead atoms. The van der Waals surface area contributed by atoms with Crippen molar-refractivity contribution in [1.29, 1.82) is 0 Å². The normalized spacial score (nSPS) is 11.8. The Hall–Kier alpha value is -1.82. The number of halogens is 3. The van der Waals surface area contributed by atoms with E-state index in [1.807, 2.05) is 0 Å². The predicted octanol–water partition coefficient (Wildman–Crippen LogP) is 2.41. The first-order chi connectivity index (χ1) is 8.49. The lowest BCUT2D eigenvalue weighted by atomic mass is 10.1. The summed E-state index contributed by atoms with van der Waals surface area (Å²) in [5.74, 6) is 0. The van der Waals surface area contributed by atoms with Gasteiger partial charge in [0.05, 0.1) is 18.3 Å². The molecule has 6 heteroatoms. The second-order valence-corrected chi connectivity index (χ2v) is 3.95. The van der Waals surface area contributed by atoms with Crippen LogP contribution in [0.2, 0.25) is 0 Å². The maximum Gasteiger partial charge on any atom is 0.416 e. The molecule has 0 spiro atoms. The largest absolute Gasteiger partial charge is 0.416 e. The van der Waals surface area contributed by atoms with Crippen LogP contribution in [0.25, 0.3) is 0 Å². The van der Waals surface area contributed by atoms with Crippen LogP contribution in [-0.2, 0) is 19.3 Å². The Morgan fingerprint density at radius 2 is 2.00 bits per heavy atom. The van der Waals surface area contributed by atoms with Gasteiger partial charge in [-0.25, -0.2) is 0 Å². The second-order valence-electron chi connectivity index (χ2n) is 3.95. The SMILES string of the molecule is NCc1cnn(Cc2cccc(C(F)(F)F)c2)c1. The van der Waals surface area contributed by atoms with Crippen molar-refractivity contribution in [2.24, 2.45) is 5.73 Å². The smallest absolute Gasteiger partial charge is 0.326 e. The van der Waals surface area contributed by atoms with Crippen molar-refractivity contribution in [3.8, 4) is 0 Å². The van der Waals surface area contributed by atoms with E-state index in [1.165, 1.54) is 6.07 Å². The lowest BCUT2D eigenvalue weighted by molar-refractivity contribution is -0.137. The molecule has 1 heterocycles. The maximum atomic E-state index is 12.5. The summed E-state index contributed by atoms with van der Waals surface area (Å²) in [6.45, 7) is 0.659. The Bertz CT molecular complexity index is 531. The summed E-state index contributed by atoms with van der Waals surface area (Å²) >= 11 is 0. The molecule has 0 amide bonds. The van der Waals surface area contributed by atoms with E-state index < -0.39 is 11.7 Å². The number of hydrogen-bond donors (Lipinski definition) is 1. The van der Waals surface area contributed by atoms with E-state index in [0.29, 0.717) is 18.7 Å². The van der Waals surface area contributed by atoms with Gasteiger partial charge in [-0.15, -0.1) is 0 Å². The fraction of sp³-hybridized carbons (Fsp3) is 0.250. The molecule has 0 aliphatic rings. The number of aromatic nitrogens is 2. The van der Waals surface area contributed by atoms with Gasteiger partial charge in [-0.3, -0.25) is 4.68 Å². The minimum atomic E-state index is -4.32. The van der Waals surface area contributed by atoms with Crippen LogP contribution in [0.5, 0.6) is 0 Å². The number of nitrogens with zero attached hydrogens (tertiary/aromatic N) is 2. The van der Waals surface area contributed by atoms with Crippen molar-refractivity contribution in [3.63, 3.8) is 0 Å². The zero-order chi connectivity index (χ0) is 13.2. The zero-order valence-electron chi connectivity index (χ0n) is 9.48. The first-order valence-electron chi connectivity index (χ1n) is 5.36. The Kier molecular flexibility index (Phi) is 3.38. The summed E-state index contributed by atoms with van der Waals surface area (Å²) in [5, 5.41) is 4.03. The van der Waals surface area contributed by atoms with E-state index in [4.69, 9.17) is 5.73 Å². The Morgan fingerprint density at radius 3 is 2.61 bits per heavy atom. The molecule has 1 aromatic carbocycles. The topological polar surface area (TPSA) is 43.8 Å². The number of nitrogens with two attached hydrogens (primary N) is 1. The summed E-state index contributed by atoms with van der Waals surface area (Å²) in [6.07, 6.45) is -0.990. The van der Waals surface area contributed by atoms with Crippen molar-refractivity contribution in [1.82, 2.24) is 9.78 Å². The minimum Gasteiger partial charge on any atom is -0.326 e.